The van der Waals surface area contributed by atoms with E-state index in [1.54, 1.807) is 25.2 Å². The third kappa shape index (κ3) is 2.45. The van der Waals surface area contributed by atoms with Gasteiger partial charge in [-0.2, -0.15) is 0 Å². The molecule has 4 heteroatoms. The molecule has 1 amide bonds. The fourth-order valence-corrected chi connectivity index (χ4v) is 1.30. The van der Waals surface area contributed by atoms with E-state index >= 15 is 0 Å². The summed E-state index contributed by atoms with van der Waals surface area (Å²) in [6.45, 7) is 0.269. The minimum absolute atomic E-state index is 0.160. The molecule has 0 heterocycles. The van der Waals surface area contributed by atoms with E-state index < -0.39 is 0 Å². The number of terminal acetylenes is 1. The van der Waals surface area contributed by atoms with E-state index in [2.05, 4.69) is 5.92 Å². The fourth-order valence-electron chi connectivity index (χ4n) is 1.30. The zero-order valence-corrected chi connectivity index (χ0v) is 9.36. The molecule has 1 rings (SSSR count). The van der Waals surface area contributed by atoms with Gasteiger partial charge in [-0.1, -0.05) is 5.92 Å². The van der Waals surface area contributed by atoms with Crippen LogP contribution in [0.25, 0.3) is 0 Å². The highest BCUT2D eigenvalue weighted by Crippen LogP contribution is 2.22. The quantitative estimate of drug-likeness (QED) is 0.608. The zero-order chi connectivity index (χ0) is 12.1. The summed E-state index contributed by atoms with van der Waals surface area (Å²) < 4.78 is 5.01. The van der Waals surface area contributed by atoms with Crippen molar-refractivity contribution in [2.45, 2.75) is 0 Å². The number of nitrogen functional groups attached to an aromatic ring is 1. The lowest BCUT2D eigenvalue weighted by atomic mass is 10.1. The van der Waals surface area contributed by atoms with Crippen molar-refractivity contribution in [3.63, 3.8) is 0 Å². The van der Waals surface area contributed by atoms with Crippen molar-refractivity contribution >= 4 is 11.6 Å². The summed E-state index contributed by atoms with van der Waals surface area (Å²) in [6.07, 6.45) is 5.13. The maximum absolute atomic E-state index is 11.8. The second-order valence-electron chi connectivity index (χ2n) is 3.32. The number of hydrogen-bond donors (Lipinski definition) is 1. The van der Waals surface area contributed by atoms with Crippen LogP contribution in [0.3, 0.4) is 0 Å². The summed E-state index contributed by atoms with van der Waals surface area (Å²) in [5.41, 5.74) is 6.64. The normalized spacial score (nSPS) is 9.31. The highest BCUT2D eigenvalue weighted by atomic mass is 16.5. The number of nitrogens with two attached hydrogens (primary N) is 1. The van der Waals surface area contributed by atoms with Crippen LogP contribution in [-0.2, 0) is 0 Å². The van der Waals surface area contributed by atoms with Crippen LogP contribution in [0.5, 0.6) is 5.75 Å². The topological polar surface area (TPSA) is 55.6 Å². The maximum Gasteiger partial charge on any atom is 0.254 e. The summed E-state index contributed by atoms with van der Waals surface area (Å²) in [5.74, 6) is 2.80. The molecule has 0 fully saturated rings. The maximum atomic E-state index is 11.8. The Balaban J connectivity index is 2.94. The minimum Gasteiger partial charge on any atom is -0.495 e. The number of methoxy groups -OCH3 is 1. The molecule has 16 heavy (non-hydrogen) atoms. The molecule has 1 aromatic carbocycles. The molecule has 0 spiro atoms. The lowest BCUT2D eigenvalue weighted by Crippen LogP contribution is -2.26. The summed E-state index contributed by atoms with van der Waals surface area (Å²) in [5, 5.41) is 0. The van der Waals surface area contributed by atoms with Crippen molar-refractivity contribution in [2.24, 2.45) is 0 Å². The third-order valence-corrected chi connectivity index (χ3v) is 2.15. The van der Waals surface area contributed by atoms with Crippen molar-refractivity contribution in [3.05, 3.63) is 23.8 Å². The van der Waals surface area contributed by atoms with Crippen molar-refractivity contribution in [3.8, 4) is 18.1 Å². The van der Waals surface area contributed by atoms with Gasteiger partial charge in [-0.05, 0) is 18.2 Å². The predicted octanol–water partition coefficient (Wildman–Crippen LogP) is 0.983. The summed E-state index contributed by atoms with van der Waals surface area (Å²) in [7, 11) is 3.17. The number of hydrogen-bond acceptors (Lipinski definition) is 3. The lowest BCUT2D eigenvalue weighted by molar-refractivity contribution is 0.0812. The molecule has 0 saturated heterocycles. The van der Waals surface area contributed by atoms with Crippen molar-refractivity contribution in [2.75, 3.05) is 26.4 Å². The SMILES string of the molecule is C#CCN(C)C(=O)c1ccc(OC)c(N)c1. The van der Waals surface area contributed by atoms with Gasteiger partial charge in [0.25, 0.3) is 5.91 Å². The van der Waals surface area contributed by atoms with E-state index in [1.807, 2.05) is 0 Å². The molecule has 0 aromatic heterocycles. The monoisotopic (exact) mass is 218 g/mol. The van der Waals surface area contributed by atoms with E-state index in [0.29, 0.717) is 17.0 Å². The molecule has 0 aliphatic rings. The third-order valence-electron chi connectivity index (χ3n) is 2.15. The van der Waals surface area contributed by atoms with E-state index in [-0.39, 0.29) is 12.5 Å². The van der Waals surface area contributed by atoms with Gasteiger partial charge in [0.05, 0.1) is 19.3 Å². The molecule has 0 aliphatic carbocycles. The first-order valence-corrected chi connectivity index (χ1v) is 4.72. The second-order valence-corrected chi connectivity index (χ2v) is 3.32. The van der Waals surface area contributed by atoms with Crippen LogP contribution in [0, 0.1) is 12.3 Å². The molecular weight excluding hydrogens is 204 g/mol. The van der Waals surface area contributed by atoms with E-state index in [4.69, 9.17) is 16.9 Å². The van der Waals surface area contributed by atoms with Gasteiger partial charge in [0, 0.05) is 12.6 Å². The molecule has 2 N–H and O–H groups in total. The summed E-state index contributed by atoms with van der Waals surface area (Å²) in [4.78, 5) is 13.3. The average molecular weight is 218 g/mol. The molecule has 0 saturated carbocycles. The number of benzene rings is 1. The van der Waals surface area contributed by atoms with Crippen LogP contribution in [0.1, 0.15) is 10.4 Å². The van der Waals surface area contributed by atoms with E-state index in [9.17, 15) is 4.79 Å². The number of amides is 1. The van der Waals surface area contributed by atoms with Gasteiger partial charge in [-0.3, -0.25) is 4.79 Å². The first kappa shape index (κ1) is 11.9. The van der Waals surface area contributed by atoms with Crippen LogP contribution in [-0.4, -0.2) is 31.5 Å². The van der Waals surface area contributed by atoms with Gasteiger partial charge < -0.3 is 15.4 Å². The lowest BCUT2D eigenvalue weighted by Gasteiger charge is -2.14. The minimum atomic E-state index is -0.160. The molecule has 0 aliphatic heterocycles. The van der Waals surface area contributed by atoms with Crippen molar-refractivity contribution in [1.82, 2.24) is 4.90 Å². The van der Waals surface area contributed by atoms with E-state index in [1.165, 1.54) is 12.0 Å². The molecule has 0 radical (unpaired) electrons. The highest BCUT2D eigenvalue weighted by Gasteiger charge is 2.12. The molecule has 84 valence electrons. The van der Waals surface area contributed by atoms with Gasteiger partial charge in [0.2, 0.25) is 0 Å². The number of carbonyl (C=O) groups is 1. The van der Waals surface area contributed by atoms with Gasteiger partial charge in [-0.25, -0.2) is 0 Å². The van der Waals surface area contributed by atoms with E-state index in [0.717, 1.165) is 0 Å². The number of rotatable bonds is 3. The van der Waals surface area contributed by atoms with Crippen LogP contribution < -0.4 is 10.5 Å². The smallest absolute Gasteiger partial charge is 0.254 e. The zero-order valence-electron chi connectivity index (χ0n) is 9.36. The fraction of sp³-hybridized carbons (Fsp3) is 0.250. The van der Waals surface area contributed by atoms with Gasteiger partial charge >= 0.3 is 0 Å². The summed E-state index contributed by atoms with van der Waals surface area (Å²) >= 11 is 0. The van der Waals surface area contributed by atoms with Gasteiger partial charge in [0.15, 0.2) is 0 Å². The van der Waals surface area contributed by atoms with Crippen molar-refractivity contribution < 1.29 is 9.53 Å². The Kier molecular flexibility index (Phi) is 3.78. The predicted molar refractivity (Wildman–Crippen MR) is 63.2 cm³/mol. The first-order valence-electron chi connectivity index (χ1n) is 4.72. The molecule has 4 nitrogen and oxygen atoms in total. The van der Waals surface area contributed by atoms with Crippen LogP contribution in [0.15, 0.2) is 18.2 Å². The molecular formula is C12H14N2O2. The first-order chi connectivity index (χ1) is 7.60. The molecule has 0 bridgehead atoms. The van der Waals surface area contributed by atoms with Crippen LogP contribution >= 0.6 is 0 Å². The average Bonchev–Trinajstić information content (AvgIpc) is 2.28. The number of anilines is 1. The highest BCUT2D eigenvalue weighted by molar-refractivity contribution is 5.95. The van der Waals surface area contributed by atoms with Gasteiger partial charge in [-0.15, -0.1) is 6.42 Å². The Hall–Kier alpha value is -2.15. The summed E-state index contributed by atoms with van der Waals surface area (Å²) in [6, 6.07) is 4.89. The molecule has 0 unspecified atom stereocenters. The Morgan fingerprint density at radius 1 is 1.62 bits per heavy atom. The standard InChI is InChI=1S/C12H14N2O2/c1-4-7-14(2)12(15)9-5-6-11(16-3)10(13)8-9/h1,5-6,8H,7,13H2,2-3H3. The Morgan fingerprint density at radius 2 is 2.31 bits per heavy atom. The number of carbonyl (C=O) groups excluding carboxylic acids is 1. The van der Waals surface area contributed by atoms with Crippen molar-refractivity contribution in [1.29, 1.82) is 0 Å². The second kappa shape index (κ2) is 5.08. The Morgan fingerprint density at radius 3 is 2.81 bits per heavy atom. The van der Waals surface area contributed by atoms with Crippen LogP contribution in [0.2, 0.25) is 0 Å². The largest absolute Gasteiger partial charge is 0.495 e. The molecule has 0 atom stereocenters. The number of nitrogens with zero attached hydrogens (tertiary/aromatic N) is 1. The number of ether oxygens (including phenoxy) is 1. The Labute approximate surface area is 95.0 Å². The molecule has 1 aromatic rings. The van der Waals surface area contributed by atoms with Crippen LogP contribution in [0.4, 0.5) is 5.69 Å². The van der Waals surface area contributed by atoms with Gasteiger partial charge in [0.1, 0.15) is 5.75 Å². The Bertz CT molecular complexity index is 435.